The van der Waals surface area contributed by atoms with Crippen LogP contribution in [0.4, 0.5) is 10.6 Å². The maximum atomic E-state index is 12.0. The molecule has 1 amide bonds. The maximum Gasteiger partial charge on any atom is 0.409 e. The molecule has 1 unspecified atom stereocenters. The molecule has 2 saturated heterocycles. The zero-order valence-corrected chi connectivity index (χ0v) is 15.4. The summed E-state index contributed by atoms with van der Waals surface area (Å²) in [4.78, 5) is 20.7. The Hall–Kier alpha value is -1.82. The molecule has 0 aliphatic carbocycles. The van der Waals surface area contributed by atoms with Gasteiger partial charge in [0.15, 0.2) is 0 Å². The fourth-order valence-corrected chi connectivity index (χ4v) is 3.54. The van der Waals surface area contributed by atoms with E-state index >= 15 is 0 Å². The number of nitrogens with one attached hydrogen (secondary N) is 1. The normalized spacial score (nSPS) is 21.8. The van der Waals surface area contributed by atoms with E-state index in [1.165, 1.54) is 0 Å². The SMILES string of the molecule is CC(C)COC(=O)N1CCC(NC2CCN(c3ccccn3)C2)CC1. The van der Waals surface area contributed by atoms with Gasteiger partial charge in [0.1, 0.15) is 5.82 Å². The van der Waals surface area contributed by atoms with E-state index in [9.17, 15) is 4.79 Å². The summed E-state index contributed by atoms with van der Waals surface area (Å²) in [5.41, 5.74) is 0. The molecule has 2 fully saturated rings. The van der Waals surface area contributed by atoms with E-state index in [4.69, 9.17) is 4.74 Å². The monoisotopic (exact) mass is 346 g/mol. The molecular weight excluding hydrogens is 316 g/mol. The van der Waals surface area contributed by atoms with E-state index < -0.39 is 0 Å². The van der Waals surface area contributed by atoms with Gasteiger partial charge < -0.3 is 19.9 Å². The Morgan fingerprint density at radius 3 is 2.68 bits per heavy atom. The Kier molecular flexibility index (Phi) is 6.13. The van der Waals surface area contributed by atoms with Crippen LogP contribution in [-0.2, 0) is 4.74 Å². The van der Waals surface area contributed by atoms with Crippen molar-refractivity contribution >= 4 is 11.9 Å². The molecule has 2 aliphatic rings. The van der Waals surface area contributed by atoms with Gasteiger partial charge in [-0.3, -0.25) is 0 Å². The number of ether oxygens (including phenoxy) is 1. The molecule has 138 valence electrons. The van der Waals surface area contributed by atoms with E-state index in [1.807, 2.05) is 23.2 Å². The van der Waals surface area contributed by atoms with Crippen molar-refractivity contribution in [1.82, 2.24) is 15.2 Å². The van der Waals surface area contributed by atoms with Gasteiger partial charge in [0.2, 0.25) is 0 Å². The number of amides is 1. The van der Waals surface area contributed by atoms with Gasteiger partial charge in [0.05, 0.1) is 6.61 Å². The molecule has 0 spiro atoms. The molecule has 1 atom stereocenters. The Bertz CT molecular complexity index is 544. The lowest BCUT2D eigenvalue weighted by atomic mass is 10.0. The third kappa shape index (κ3) is 5.08. The number of pyridine rings is 1. The summed E-state index contributed by atoms with van der Waals surface area (Å²) in [5.74, 6) is 1.45. The minimum atomic E-state index is -0.158. The van der Waals surface area contributed by atoms with Gasteiger partial charge in [-0.1, -0.05) is 19.9 Å². The van der Waals surface area contributed by atoms with Crippen LogP contribution in [0.1, 0.15) is 33.1 Å². The predicted molar refractivity (Wildman–Crippen MR) is 98.8 cm³/mol. The van der Waals surface area contributed by atoms with Crippen LogP contribution in [0.25, 0.3) is 0 Å². The second-order valence-electron chi connectivity index (χ2n) is 7.52. The number of nitrogens with zero attached hydrogens (tertiary/aromatic N) is 3. The molecular formula is C19H30N4O2. The third-order valence-electron chi connectivity index (χ3n) is 4.93. The van der Waals surface area contributed by atoms with Crippen LogP contribution in [0.15, 0.2) is 24.4 Å². The fourth-order valence-electron chi connectivity index (χ4n) is 3.54. The van der Waals surface area contributed by atoms with Gasteiger partial charge >= 0.3 is 6.09 Å². The van der Waals surface area contributed by atoms with Crippen LogP contribution < -0.4 is 10.2 Å². The van der Waals surface area contributed by atoms with E-state index in [1.54, 1.807) is 0 Å². The summed E-state index contributed by atoms with van der Waals surface area (Å²) in [6.45, 7) is 8.24. The number of anilines is 1. The topological polar surface area (TPSA) is 57.7 Å². The minimum Gasteiger partial charge on any atom is -0.449 e. The lowest BCUT2D eigenvalue weighted by Crippen LogP contribution is -2.48. The second-order valence-corrected chi connectivity index (χ2v) is 7.52. The smallest absolute Gasteiger partial charge is 0.409 e. The molecule has 6 nitrogen and oxygen atoms in total. The number of hydrogen-bond acceptors (Lipinski definition) is 5. The molecule has 0 saturated carbocycles. The number of rotatable bonds is 5. The first-order valence-corrected chi connectivity index (χ1v) is 9.45. The van der Waals surface area contributed by atoms with Gasteiger partial charge in [-0.15, -0.1) is 0 Å². The maximum absolute atomic E-state index is 12.0. The second kappa shape index (κ2) is 8.52. The van der Waals surface area contributed by atoms with Gasteiger partial charge in [-0.25, -0.2) is 9.78 Å². The predicted octanol–water partition coefficient (Wildman–Crippen LogP) is 2.51. The molecule has 2 aliphatic heterocycles. The first-order chi connectivity index (χ1) is 12.1. The van der Waals surface area contributed by atoms with E-state index in [-0.39, 0.29) is 6.09 Å². The minimum absolute atomic E-state index is 0.158. The van der Waals surface area contributed by atoms with Crippen molar-refractivity contribution in [3.8, 4) is 0 Å². The highest BCUT2D eigenvalue weighted by atomic mass is 16.6. The van der Waals surface area contributed by atoms with Gasteiger partial charge in [0.25, 0.3) is 0 Å². The van der Waals surface area contributed by atoms with Crippen molar-refractivity contribution in [1.29, 1.82) is 0 Å². The van der Waals surface area contributed by atoms with Crippen molar-refractivity contribution in [2.45, 2.75) is 45.2 Å². The summed E-state index contributed by atoms with van der Waals surface area (Å²) in [7, 11) is 0. The van der Waals surface area contributed by atoms with Crippen molar-refractivity contribution in [3.05, 3.63) is 24.4 Å². The molecule has 1 aromatic rings. The molecule has 3 heterocycles. The average molecular weight is 346 g/mol. The molecule has 0 bridgehead atoms. The lowest BCUT2D eigenvalue weighted by molar-refractivity contribution is 0.0812. The van der Waals surface area contributed by atoms with Gasteiger partial charge in [0, 0.05) is 44.5 Å². The number of aromatic nitrogens is 1. The van der Waals surface area contributed by atoms with Crippen molar-refractivity contribution in [3.63, 3.8) is 0 Å². The van der Waals surface area contributed by atoms with Crippen molar-refractivity contribution in [2.24, 2.45) is 5.92 Å². The largest absolute Gasteiger partial charge is 0.449 e. The Labute approximate surface area is 150 Å². The van der Waals surface area contributed by atoms with E-state index in [2.05, 4.69) is 35.1 Å². The van der Waals surface area contributed by atoms with E-state index in [0.717, 1.165) is 51.3 Å². The van der Waals surface area contributed by atoms with Crippen LogP contribution in [0, 0.1) is 5.92 Å². The summed E-state index contributed by atoms with van der Waals surface area (Å²) in [6, 6.07) is 7.06. The first-order valence-electron chi connectivity index (χ1n) is 9.45. The molecule has 1 N–H and O–H groups in total. The molecule has 25 heavy (non-hydrogen) atoms. The number of likely N-dealkylation sites (tertiary alicyclic amines) is 1. The van der Waals surface area contributed by atoms with Gasteiger partial charge in [-0.2, -0.15) is 0 Å². The first kappa shape index (κ1) is 18.0. The van der Waals surface area contributed by atoms with E-state index in [0.29, 0.717) is 24.6 Å². The molecule has 3 rings (SSSR count). The zero-order chi connectivity index (χ0) is 17.6. The quantitative estimate of drug-likeness (QED) is 0.888. The van der Waals surface area contributed by atoms with Crippen LogP contribution in [0.3, 0.4) is 0 Å². The van der Waals surface area contributed by atoms with Crippen molar-refractivity contribution in [2.75, 3.05) is 37.7 Å². The van der Waals surface area contributed by atoms with Crippen LogP contribution in [0.5, 0.6) is 0 Å². The van der Waals surface area contributed by atoms with Crippen LogP contribution >= 0.6 is 0 Å². The highest BCUT2D eigenvalue weighted by Gasteiger charge is 2.28. The number of carbonyl (C=O) groups is 1. The van der Waals surface area contributed by atoms with Crippen LogP contribution in [-0.4, -0.2) is 60.8 Å². The van der Waals surface area contributed by atoms with Crippen LogP contribution in [0.2, 0.25) is 0 Å². The number of carbonyl (C=O) groups excluding carboxylic acids is 1. The third-order valence-corrected chi connectivity index (χ3v) is 4.93. The number of piperidine rings is 1. The summed E-state index contributed by atoms with van der Waals surface area (Å²) < 4.78 is 5.33. The molecule has 0 radical (unpaired) electrons. The van der Waals surface area contributed by atoms with Crippen molar-refractivity contribution < 1.29 is 9.53 Å². The highest BCUT2D eigenvalue weighted by molar-refractivity contribution is 5.67. The lowest BCUT2D eigenvalue weighted by Gasteiger charge is -2.33. The summed E-state index contributed by atoms with van der Waals surface area (Å²) in [5, 5.41) is 3.78. The summed E-state index contributed by atoms with van der Waals surface area (Å²) in [6.07, 6.45) is 4.83. The Balaban J connectivity index is 1.39. The van der Waals surface area contributed by atoms with Gasteiger partial charge in [-0.05, 0) is 37.3 Å². The standard InChI is InChI=1S/C19H30N4O2/c1-15(2)14-25-19(24)22-10-6-16(7-11-22)21-17-8-12-23(13-17)18-5-3-4-9-20-18/h3-5,9,15-17,21H,6-8,10-14H2,1-2H3. The molecule has 1 aromatic heterocycles. The Morgan fingerprint density at radius 2 is 2.00 bits per heavy atom. The Morgan fingerprint density at radius 1 is 1.24 bits per heavy atom. The average Bonchev–Trinajstić information content (AvgIpc) is 3.09. The zero-order valence-electron chi connectivity index (χ0n) is 15.4. The summed E-state index contributed by atoms with van der Waals surface area (Å²) >= 11 is 0. The molecule has 0 aromatic carbocycles. The molecule has 6 heteroatoms. The number of hydrogen-bond donors (Lipinski definition) is 1. The highest BCUT2D eigenvalue weighted by Crippen LogP contribution is 2.19. The fraction of sp³-hybridized carbons (Fsp3) is 0.684.